The molecule has 0 bridgehead atoms. The number of esters is 2. The smallest absolute Gasteiger partial charge is 0.334 e. The number of carbonyl (C=O) groups is 2. The second-order valence-electron chi connectivity index (χ2n) is 6.23. The molecule has 0 unspecified atom stereocenters. The van der Waals surface area contributed by atoms with E-state index in [-0.39, 0.29) is 23.8 Å². The van der Waals surface area contributed by atoms with Gasteiger partial charge in [0.15, 0.2) is 0 Å². The molecule has 0 radical (unpaired) electrons. The third-order valence-corrected chi connectivity index (χ3v) is 4.81. The lowest BCUT2D eigenvalue weighted by Gasteiger charge is -2.22. The highest BCUT2D eigenvalue weighted by Gasteiger charge is 2.36. The van der Waals surface area contributed by atoms with Gasteiger partial charge < -0.3 is 9.47 Å². The van der Waals surface area contributed by atoms with Crippen LogP contribution >= 0.6 is 0 Å². The third kappa shape index (κ3) is 3.90. The van der Waals surface area contributed by atoms with E-state index in [0.717, 1.165) is 51.4 Å². The number of hydrogen-bond donors (Lipinski definition) is 0. The zero-order chi connectivity index (χ0) is 15.9. The van der Waals surface area contributed by atoms with Gasteiger partial charge >= 0.3 is 11.9 Å². The molecule has 4 heteroatoms. The molecule has 4 nitrogen and oxygen atoms in total. The molecule has 124 valence electrons. The summed E-state index contributed by atoms with van der Waals surface area (Å²) in [6.45, 7) is 4.30. The van der Waals surface area contributed by atoms with Crippen molar-refractivity contribution in [2.24, 2.45) is 11.8 Å². The Morgan fingerprint density at radius 2 is 1.05 bits per heavy atom. The first-order valence-electron chi connectivity index (χ1n) is 8.77. The van der Waals surface area contributed by atoms with Gasteiger partial charge in [-0.25, -0.2) is 9.59 Å². The molecule has 2 saturated carbocycles. The van der Waals surface area contributed by atoms with Crippen molar-refractivity contribution in [1.82, 2.24) is 0 Å². The molecular weight excluding hydrogens is 280 g/mol. The number of ether oxygens (including phenoxy) is 2. The summed E-state index contributed by atoms with van der Waals surface area (Å²) in [5.41, 5.74) is 1.26. The fourth-order valence-corrected chi connectivity index (χ4v) is 3.84. The monoisotopic (exact) mass is 308 g/mol. The van der Waals surface area contributed by atoms with E-state index in [4.69, 9.17) is 9.47 Å². The molecule has 2 aliphatic carbocycles. The molecule has 0 aromatic heterocycles. The molecule has 2 fully saturated rings. The maximum absolute atomic E-state index is 12.5. The number of rotatable bonds is 6. The van der Waals surface area contributed by atoms with E-state index in [1.807, 2.05) is 13.8 Å². The second-order valence-corrected chi connectivity index (χ2v) is 6.23. The van der Waals surface area contributed by atoms with Crippen LogP contribution in [0.25, 0.3) is 0 Å². The van der Waals surface area contributed by atoms with Crippen molar-refractivity contribution in [3.05, 3.63) is 11.1 Å². The standard InChI is InChI=1S/C18H28O4/c1-3-21-17(19)15(13-9-5-6-10-13)16(18(20)22-4-2)14-11-7-8-12-14/h13-14H,3-12H2,1-2H3/b16-15-. The topological polar surface area (TPSA) is 52.6 Å². The van der Waals surface area contributed by atoms with Crippen molar-refractivity contribution in [1.29, 1.82) is 0 Å². The first-order valence-corrected chi connectivity index (χ1v) is 8.77. The minimum atomic E-state index is -0.302. The van der Waals surface area contributed by atoms with Crippen molar-refractivity contribution >= 4 is 11.9 Å². The maximum atomic E-state index is 12.5. The fraction of sp³-hybridized carbons (Fsp3) is 0.778. The lowest BCUT2D eigenvalue weighted by Crippen LogP contribution is -2.24. The van der Waals surface area contributed by atoms with Gasteiger partial charge in [-0.05, 0) is 51.4 Å². The van der Waals surface area contributed by atoms with Gasteiger partial charge in [0, 0.05) is 0 Å². The predicted octanol–water partition coefficient (Wildman–Crippen LogP) is 3.79. The summed E-state index contributed by atoms with van der Waals surface area (Å²) in [6.07, 6.45) is 8.38. The van der Waals surface area contributed by atoms with Gasteiger partial charge in [-0.15, -0.1) is 0 Å². The van der Waals surface area contributed by atoms with E-state index in [1.165, 1.54) is 0 Å². The molecule has 0 aromatic rings. The summed E-state index contributed by atoms with van der Waals surface area (Å²) in [4.78, 5) is 25.1. The summed E-state index contributed by atoms with van der Waals surface area (Å²) in [5.74, 6) is -0.271. The molecule has 0 atom stereocenters. The summed E-state index contributed by atoms with van der Waals surface area (Å²) < 4.78 is 10.6. The second kappa shape index (κ2) is 8.35. The highest BCUT2D eigenvalue weighted by Crippen LogP contribution is 2.40. The summed E-state index contributed by atoms with van der Waals surface area (Å²) >= 11 is 0. The molecule has 2 aliphatic rings. The Morgan fingerprint density at radius 3 is 1.32 bits per heavy atom. The average molecular weight is 308 g/mol. The first kappa shape index (κ1) is 17.0. The maximum Gasteiger partial charge on any atom is 0.334 e. The van der Waals surface area contributed by atoms with Crippen molar-refractivity contribution in [2.45, 2.75) is 65.2 Å². The lowest BCUT2D eigenvalue weighted by atomic mass is 9.85. The van der Waals surface area contributed by atoms with Gasteiger partial charge in [-0.1, -0.05) is 25.7 Å². The van der Waals surface area contributed by atoms with Gasteiger partial charge in [-0.2, -0.15) is 0 Å². The molecule has 0 N–H and O–H groups in total. The Morgan fingerprint density at radius 1 is 0.727 bits per heavy atom. The van der Waals surface area contributed by atoms with Crippen LogP contribution in [0.4, 0.5) is 0 Å². The molecule has 0 aliphatic heterocycles. The fourth-order valence-electron chi connectivity index (χ4n) is 3.84. The molecule has 2 rings (SSSR count). The van der Waals surface area contributed by atoms with Crippen LogP contribution in [0.15, 0.2) is 11.1 Å². The van der Waals surface area contributed by atoms with E-state index in [9.17, 15) is 9.59 Å². The number of carbonyl (C=O) groups excluding carboxylic acids is 2. The SMILES string of the molecule is CCOC(=O)/C(=C(\C(=O)OCC)C1CCCC1)C1CCCC1. The van der Waals surface area contributed by atoms with Crippen LogP contribution in [0.2, 0.25) is 0 Å². The van der Waals surface area contributed by atoms with Gasteiger partial charge in [0.25, 0.3) is 0 Å². The van der Waals surface area contributed by atoms with Gasteiger partial charge in [0.1, 0.15) is 0 Å². The Bertz CT molecular complexity index is 386. The van der Waals surface area contributed by atoms with Gasteiger partial charge in [0.2, 0.25) is 0 Å². The van der Waals surface area contributed by atoms with Crippen LogP contribution in [0.3, 0.4) is 0 Å². The van der Waals surface area contributed by atoms with Crippen LogP contribution in [0.1, 0.15) is 65.2 Å². The van der Waals surface area contributed by atoms with E-state index in [1.54, 1.807) is 0 Å². The van der Waals surface area contributed by atoms with Crippen LogP contribution in [0.5, 0.6) is 0 Å². The van der Waals surface area contributed by atoms with Crippen molar-refractivity contribution in [2.75, 3.05) is 13.2 Å². The van der Waals surface area contributed by atoms with Crippen LogP contribution in [-0.2, 0) is 19.1 Å². The van der Waals surface area contributed by atoms with E-state index < -0.39 is 0 Å². The van der Waals surface area contributed by atoms with Crippen molar-refractivity contribution < 1.29 is 19.1 Å². The Kier molecular flexibility index (Phi) is 6.47. The number of hydrogen-bond acceptors (Lipinski definition) is 4. The Balaban J connectivity index is 2.41. The average Bonchev–Trinajstić information content (AvgIpc) is 3.18. The minimum absolute atomic E-state index is 0.166. The van der Waals surface area contributed by atoms with Gasteiger partial charge in [-0.3, -0.25) is 0 Å². The predicted molar refractivity (Wildman–Crippen MR) is 84.2 cm³/mol. The summed E-state index contributed by atoms with van der Waals surface area (Å²) in [7, 11) is 0. The lowest BCUT2D eigenvalue weighted by molar-refractivity contribution is -0.142. The minimum Gasteiger partial charge on any atom is -0.463 e. The molecule has 0 spiro atoms. The zero-order valence-electron chi connectivity index (χ0n) is 13.9. The Hall–Kier alpha value is -1.32. The Labute approximate surface area is 133 Å². The quantitative estimate of drug-likeness (QED) is 0.553. The van der Waals surface area contributed by atoms with Crippen LogP contribution in [0, 0.1) is 11.8 Å². The van der Waals surface area contributed by atoms with E-state index >= 15 is 0 Å². The molecule has 0 aromatic carbocycles. The molecule has 0 heterocycles. The highest BCUT2D eigenvalue weighted by molar-refractivity contribution is 6.01. The van der Waals surface area contributed by atoms with Crippen LogP contribution < -0.4 is 0 Å². The molecule has 0 saturated heterocycles. The molecule has 0 amide bonds. The summed E-state index contributed by atoms with van der Waals surface area (Å²) in [5, 5.41) is 0. The van der Waals surface area contributed by atoms with Crippen molar-refractivity contribution in [3.63, 3.8) is 0 Å². The summed E-state index contributed by atoms with van der Waals surface area (Å²) in [6, 6.07) is 0. The molecule has 22 heavy (non-hydrogen) atoms. The van der Waals surface area contributed by atoms with E-state index in [0.29, 0.717) is 24.4 Å². The van der Waals surface area contributed by atoms with Gasteiger partial charge in [0.05, 0.1) is 24.4 Å². The van der Waals surface area contributed by atoms with Crippen molar-refractivity contribution in [3.8, 4) is 0 Å². The normalized spacial score (nSPS) is 20.8. The first-order chi connectivity index (χ1) is 10.7. The third-order valence-electron chi connectivity index (χ3n) is 4.81. The highest BCUT2D eigenvalue weighted by atomic mass is 16.5. The van der Waals surface area contributed by atoms with E-state index in [2.05, 4.69) is 0 Å². The zero-order valence-corrected chi connectivity index (χ0v) is 13.9. The largest absolute Gasteiger partial charge is 0.463 e. The van der Waals surface area contributed by atoms with Crippen LogP contribution in [-0.4, -0.2) is 25.2 Å². The molecular formula is C18H28O4.